The van der Waals surface area contributed by atoms with Crippen molar-refractivity contribution in [2.75, 3.05) is 59.5 Å². The van der Waals surface area contributed by atoms with Crippen LogP contribution in [0.3, 0.4) is 0 Å². The molecule has 10 aliphatic rings. The second-order valence-corrected chi connectivity index (χ2v) is 33.5. The van der Waals surface area contributed by atoms with Crippen molar-refractivity contribution in [3.63, 3.8) is 0 Å². The highest BCUT2D eigenvalue weighted by molar-refractivity contribution is 7.46. The number of ether oxygens (including phenoxy) is 19. The summed E-state index contributed by atoms with van der Waals surface area (Å²) in [4.78, 5) is 61.6. The fraction of sp³-hybridized carbons (Fsp3) is 0.955. The van der Waals surface area contributed by atoms with Gasteiger partial charge in [-0.1, -0.05) is 0 Å². The third-order valence-corrected chi connectivity index (χ3v) is 24.0. The predicted molar refractivity (Wildman–Crippen MR) is 387 cm³/mol. The summed E-state index contributed by atoms with van der Waals surface area (Å²) in [6.45, 7) is -12.3. The zero-order valence-electron chi connectivity index (χ0n) is 67.4. The summed E-state index contributed by atoms with van der Waals surface area (Å²) >= 11 is 0. The molecule has 41 N–H and O–H groups in total. The first kappa shape index (κ1) is 108. The Balaban J connectivity index is 1.08. The van der Waals surface area contributed by atoms with Crippen molar-refractivity contribution in [3.05, 3.63) is 0 Å². The first-order valence-corrected chi connectivity index (χ1v) is 41.6. The minimum absolute atomic E-state index is 0.984. The number of rotatable bonds is 37. The fourth-order valence-electron chi connectivity index (χ4n) is 16.1. The lowest BCUT2D eigenvalue weighted by Crippen LogP contribution is -2.71. The number of hydrogen-bond donors (Lipinski definition) is 38. The van der Waals surface area contributed by atoms with E-state index in [2.05, 4.69) is 0 Å². The molecule has 0 unspecified atom stereocenters. The fourth-order valence-corrected chi connectivity index (χ4v) is 16.7. The molecule has 62 nitrogen and oxygen atoms in total. The average molecular weight is 1940 g/mol. The average Bonchev–Trinajstić information content (AvgIpc) is 0.738. The van der Waals surface area contributed by atoms with E-state index in [0.717, 1.165) is 0 Å². The number of aliphatic carboxylic acids is 3. The van der Waals surface area contributed by atoms with Gasteiger partial charge in [0.15, 0.2) is 56.4 Å². The third-order valence-electron chi connectivity index (χ3n) is 23.5. The lowest BCUT2D eigenvalue weighted by atomic mass is 9.89. The van der Waals surface area contributed by atoms with Gasteiger partial charge in [-0.3, -0.25) is 4.52 Å². The number of aliphatic hydroxyl groups is 30. The lowest BCUT2D eigenvalue weighted by Gasteiger charge is -2.53. The lowest BCUT2D eigenvalue weighted by molar-refractivity contribution is -0.418. The highest BCUT2D eigenvalue weighted by Gasteiger charge is 2.66. The summed E-state index contributed by atoms with van der Waals surface area (Å²) in [5.74, 6) is -14.6. The van der Waals surface area contributed by atoms with E-state index in [4.69, 9.17) is 112 Å². The molecule has 0 saturated carbocycles. The molecule has 756 valence electrons. The Labute approximate surface area is 729 Å². The van der Waals surface area contributed by atoms with Gasteiger partial charge in [0.25, 0.3) is 11.6 Å². The Bertz CT molecular complexity index is 3620. The zero-order valence-corrected chi connectivity index (χ0v) is 68.2. The first-order chi connectivity index (χ1) is 60.9. The van der Waals surface area contributed by atoms with Crippen molar-refractivity contribution in [1.29, 1.82) is 0 Å². The van der Waals surface area contributed by atoms with Gasteiger partial charge < -0.3 is 286 Å². The van der Waals surface area contributed by atoms with Crippen LogP contribution in [0, 0.1) is 0 Å². The molecule has 10 rings (SSSR count). The molecule has 10 saturated heterocycles. The Morgan fingerprint density at radius 3 is 1.39 bits per heavy atom. The van der Waals surface area contributed by atoms with E-state index in [1.165, 1.54) is 0 Å². The maximum atomic E-state index is 14.3. The van der Waals surface area contributed by atoms with Gasteiger partial charge in [-0.2, -0.15) is 0 Å². The van der Waals surface area contributed by atoms with Crippen LogP contribution in [-0.4, -0.2) is 580 Å². The van der Waals surface area contributed by atoms with Crippen LogP contribution in [0.2, 0.25) is 0 Å². The molecular weight excluding hydrogens is 1820 g/mol. The monoisotopic (exact) mass is 1940 g/mol. The standard InChI is InChI=1S/C67H114N3O59P/c68-23-30(87)29(86)21(113-56(23)102)10-111-57-25(70)32(89)48(129-130(107,108)109)22(116-57)11-112-66(64(103)104)2-18(126-67(65(105)106)1-12(77)26(83)45(127-67)14(79)4-72)49(47(128-66)16(81)6-74)120-63-42(99)52(53(46(119-63)15(80)5-73)124-60-38(95)33(90)28(85)20(8-76)115-60)123-62-41(98)50(40(97)44(118-62)17(82)9-110-59-37(94)34(91)35(92)43(117-59)13(78)3-71)121-61-39(96)36(93)51(54(125-61)55(100)101)122-58-24(69)31(88)27(84)19(7-75)114-58/h12-54,56-63,71-99,102H,1-11,68-70H2,(H,100,101)(H,103,104)(H,105,106)(H2,107,108,109)/t12-,13+,14-,15+,16-,17+,18+,19-,20-,21-,22-,23-,24-,25-,26-,27-,28-,29-,30-,31-,32-,33+,34+,35+,36-,37+,38-,39-,40-,41+,42+,43-,44-,45-,46-,47-,48-,49-,50+,51+,52-,53-,54+,56+,57-,58-,59+,60+,61+,62-,63-,66-,67-/m1/s1. The molecule has 0 aromatic heterocycles. The molecule has 0 bridgehead atoms. The molecule has 0 aromatic rings. The third kappa shape index (κ3) is 23.1. The second-order valence-electron chi connectivity index (χ2n) is 32.3. The van der Waals surface area contributed by atoms with E-state index in [-0.39, 0.29) is 0 Å². The molecule has 0 amide bonds. The van der Waals surface area contributed by atoms with Gasteiger partial charge in [0, 0.05) is 12.8 Å². The molecule has 53 atom stereocenters. The van der Waals surface area contributed by atoms with Crippen LogP contribution < -0.4 is 17.2 Å². The largest absolute Gasteiger partial charge is 0.479 e. The van der Waals surface area contributed by atoms with Crippen LogP contribution in [0.25, 0.3) is 0 Å². The van der Waals surface area contributed by atoms with E-state index in [9.17, 15) is 197 Å². The highest BCUT2D eigenvalue weighted by atomic mass is 31.2. The molecule has 130 heavy (non-hydrogen) atoms. The summed E-state index contributed by atoms with van der Waals surface area (Å²) < 4.78 is 127. The van der Waals surface area contributed by atoms with Gasteiger partial charge >= 0.3 is 25.7 Å². The summed E-state index contributed by atoms with van der Waals surface area (Å²) in [5, 5.41) is 367. The van der Waals surface area contributed by atoms with Crippen molar-refractivity contribution in [2.45, 2.75) is 337 Å². The summed E-state index contributed by atoms with van der Waals surface area (Å²) in [7, 11) is -5.92. The van der Waals surface area contributed by atoms with Crippen molar-refractivity contribution >= 4 is 25.7 Å². The van der Waals surface area contributed by atoms with Gasteiger partial charge in [0.2, 0.25) is 0 Å². The smallest absolute Gasteiger partial charge is 0.470 e. The van der Waals surface area contributed by atoms with Crippen LogP contribution >= 0.6 is 7.82 Å². The zero-order chi connectivity index (χ0) is 96.6. The second kappa shape index (κ2) is 45.1. The number of carboxylic acids is 3. The molecule has 10 heterocycles. The summed E-state index contributed by atoms with van der Waals surface area (Å²) in [6, 6.07) is -5.48. The molecule has 0 aromatic carbocycles. The Morgan fingerprint density at radius 2 is 0.808 bits per heavy atom. The number of phosphoric acid groups is 1. The normalized spacial score (nSPS) is 48.9. The molecule has 0 spiro atoms. The van der Waals surface area contributed by atoms with Crippen molar-refractivity contribution in [1.82, 2.24) is 0 Å². The number of aliphatic hydroxyl groups excluding tert-OH is 30. The first-order valence-electron chi connectivity index (χ1n) is 40.0. The SMILES string of the molecule is N[C@@H]1[C@@H](O)[C@H](O)[C@@H](CO[C@@H]2O[C@H](CO[C@]3(C(=O)O)C[C@H](O[C@]4(C(=O)O)C[C@@H](O)[C@@H](O)[C@@H]([C@H](O)CO)O4)[C@@H](O[C@H]4O[C@H]([C@@H](O)CO)[C@@H](O[C@@H]5O[C@H](CO)[C@@H](O)[C@H](O)[C@H]5O)[C@H](O[C@H]5O[C@H]([C@@H](O)CO[C@H]6O[C@H]([C@@H](O)CO)[C@@H](O)[C@H](O)[C@@H]6O)[C@@H](O)[C@H](O[C@H]6O[C@H](C(=O)O)[C@@H](O[C@H]7O[C@H](CO)[C@@H](O)[C@H](O)[C@H]7N)[C@H](O)[C@H]6O)[C@@H]5O)[C@@H]4O)[C@@H]([C@H](O)CO)O3)[C@@H](OP(=O)(O)O)[C@H](O)[C@H]2N)O[C@@H]1O. The van der Waals surface area contributed by atoms with Crippen LogP contribution in [0.15, 0.2) is 0 Å². The van der Waals surface area contributed by atoms with E-state index < -0.39 is 422 Å². The van der Waals surface area contributed by atoms with Crippen LogP contribution in [-0.2, 0) is 113 Å². The Kier molecular flexibility index (Phi) is 37.7. The van der Waals surface area contributed by atoms with E-state index in [1.54, 1.807) is 0 Å². The number of hydrogen-bond acceptors (Lipinski definition) is 57. The number of carbonyl (C=O) groups is 3. The summed E-state index contributed by atoms with van der Waals surface area (Å²) in [6.07, 6.45) is -122. The minimum atomic E-state index is -5.92. The predicted octanol–water partition coefficient (Wildman–Crippen LogP) is -24.9. The molecular formula is C67H114N3O59P. The minimum Gasteiger partial charge on any atom is -0.479 e. The van der Waals surface area contributed by atoms with Crippen molar-refractivity contribution < 1.29 is 292 Å². The quantitative estimate of drug-likeness (QED) is 0.0257. The van der Waals surface area contributed by atoms with Gasteiger partial charge in [-0.15, -0.1) is 0 Å². The van der Waals surface area contributed by atoms with E-state index in [1.807, 2.05) is 0 Å². The van der Waals surface area contributed by atoms with Crippen LogP contribution in [0.5, 0.6) is 0 Å². The number of carboxylic acid groups (broad SMARTS) is 3. The molecule has 0 radical (unpaired) electrons. The molecule has 0 aliphatic carbocycles. The number of phosphoric ester groups is 1. The Hall–Kier alpha value is -3.56. The van der Waals surface area contributed by atoms with Gasteiger partial charge in [0.05, 0.1) is 89.8 Å². The van der Waals surface area contributed by atoms with Crippen molar-refractivity contribution in [2.24, 2.45) is 17.2 Å². The van der Waals surface area contributed by atoms with Gasteiger partial charge in [-0.25, -0.2) is 18.9 Å². The highest BCUT2D eigenvalue weighted by Crippen LogP contribution is 2.47. The molecule has 10 aliphatic heterocycles. The van der Waals surface area contributed by atoms with Crippen molar-refractivity contribution in [3.8, 4) is 0 Å². The summed E-state index contributed by atoms with van der Waals surface area (Å²) in [5.41, 5.74) is 17.8. The molecule has 10 fully saturated rings. The molecule has 63 heteroatoms. The topological polar surface area (TPSA) is 1040 Å². The number of nitrogens with two attached hydrogens (primary N) is 3. The van der Waals surface area contributed by atoms with Gasteiger partial charge in [-0.05, 0) is 0 Å². The van der Waals surface area contributed by atoms with E-state index in [0.29, 0.717) is 0 Å². The maximum Gasteiger partial charge on any atom is 0.470 e. The van der Waals surface area contributed by atoms with E-state index >= 15 is 0 Å². The Morgan fingerprint density at radius 1 is 0.362 bits per heavy atom. The van der Waals surface area contributed by atoms with Crippen LogP contribution in [0.4, 0.5) is 0 Å². The van der Waals surface area contributed by atoms with Gasteiger partial charge in [0.1, 0.15) is 226 Å². The van der Waals surface area contributed by atoms with Crippen LogP contribution in [0.1, 0.15) is 12.8 Å². The maximum absolute atomic E-state index is 14.3.